The second-order valence-corrected chi connectivity index (χ2v) is 5.17. The summed E-state index contributed by atoms with van der Waals surface area (Å²) in [6.07, 6.45) is 1.79. The molecule has 6 heteroatoms. The summed E-state index contributed by atoms with van der Waals surface area (Å²) in [5.74, 6) is 1.28. The van der Waals surface area contributed by atoms with E-state index in [1.807, 2.05) is 31.2 Å². The minimum absolute atomic E-state index is 0.0791. The molecule has 1 amide bonds. The monoisotopic (exact) mass is 302 g/mol. The number of methoxy groups -OCH3 is 1. The number of nitrogens with one attached hydrogen (secondary N) is 1. The molecule has 0 aliphatic rings. The van der Waals surface area contributed by atoms with Crippen molar-refractivity contribution >= 4 is 11.7 Å². The van der Waals surface area contributed by atoms with Crippen molar-refractivity contribution < 1.29 is 9.53 Å². The Labute approximate surface area is 130 Å². The van der Waals surface area contributed by atoms with Gasteiger partial charge in [0.2, 0.25) is 5.91 Å². The first kappa shape index (κ1) is 15.9. The Hall–Kier alpha value is -2.50. The van der Waals surface area contributed by atoms with Crippen molar-refractivity contribution in [2.45, 2.75) is 26.3 Å². The average molecular weight is 302 g/mol. The van der Waals surface area contributed by atoms with Gasteiger partial charge in [-0.1, -0.05) is 12.1 Å². The Bertz CT molecular complexity index is 620. The molecule has 3 N–H and O–H groups in total. The summed E-state index contributed by atoms with van der Waals surface area (Å²) in [6.45, 7) is 2.63. The SMILES string of the molecule is COc1ccc(CCCNC(=O)Cn2nc(C)cc2N)cc1. The van der Waals surface area contributed by atoms with Gasteiger partial charge in [0, 0.05) is 12.6 Å². The number of carbonyl (C=O) groups is 1. The Morgan fingerprint density at radius 2 is 2.09 bits per heavy atom. The molecule has 22 heavy (non-hydrogen) atoms. The van der Waals surface area contributed by atoms with Gasteiger partial charge in [0.05, 0.1) is 12.8 Å². The van der Waals surface area contributed by atoms with Crippen LogP contribution in [0, 0.1) is 6.92 Å². The zero-order chi connectivity index (χ0) is 15.9. The maximum Gasteiger partial charge on any atom is 0.241 e. The highest BCUT2D eigenvalue weighted by Gasteiger charge is 2.07. The van der Waals surface area contributed by atoms with Gasteiger partial charge in [0.15, 0.2) is 0 Å². The lowest BCUT2D eigenvalue weighted by molar-refractivity contribution is -0.121. The van der Waals surface area contributed by atoms with Gasteiger partial charge < -0.3 is 15.8 Å². The molecule has 2 rings (SSSR count). The highest BCUT2D eigenvalue weighted by atomic mass is 16.5. The number of carbonyl (C=O) groups excluding carboxylic acids is 1. The fourth-order valence-electron chi connectivity index (χ4n) is 2.20. The predicted molar refractivity (Wildman–Crippen MR) is 85.7 cm³/mol. The van der Waals surface area contributed by atoms with E-state index in [1.165, 1.54) is 10.2 Å². The summed E-state index contributed by atoms with van der Waals surface area (Å²) < 4.78 is 6.63. The molecule has 118 valence electrons. The maximum atomic E-state index is 11.8. The first-order valence-electron chi connectivity index (χ1n) is 7.28. The van der Waals surface area contributed by atoms with Crippen LogP contribution in [0.4, 0.5) is 5.82 Å². The van der Waals surface area contributed by atoms with Crippen molar-refractivity contribution in [2.24, 2.45) is 0 Å². The summed E-state index contributed by atoms with van der Waals surface area (Å²) in [7, 11) is 1.65. The molecule has 0 aliphatic heterocycles. The third-order valence-corrected chi connectivity index (χ3v) is 3.35. The number of nitrogens with two attached hydrogens (primary N) is 1. The fourth-order valence-corrected chi connectivity index (χ4v) is 2.20. The van der Waals surface area contributed by atoms with Crippen molar-refractivity contribution in [2.75, 3.05) is 19.4 Å². The van der Waals surface area contributed by atoms with E-state index >= 15 is 0 Å². The Morgan fingerprint density at radius 1 is 1.36 bits per heavy atom. The predicted octanol–water partition coefficient (Wildman–Crippen LogP) is 1.53. The zero-order valence-electron chi connectivity index (χ0n) is 13.0. The smallest absolute Gasteiger partial charge is 0.241 e. The number of amides is 1. The van der Waals surface area contributed by atoms with E-state index in [4.69, 9.17) is 10.5 Å². The molecular formula is C16H22N4O2. The second kappa shape index (κ2) is 7.49. The summed E-state index contributed by atoms with van der Waals surface area (Å²) in [5, 5.41) is 7.04. The Balaban J connectivity index is 1.69. The van der Waals surface area contributed by atoms with E-state index in [1.54, 1.807) is 13.2 Å². The van der Waals surface area contributed by atoms with Crippen LogP contribution in [0.2, 0.25) is 0 Å². The van der Waals surface area contributed by atoms with Crippen LogP contribution in [-0.4, -0.2) is 29.3 Å². The molecule has 6 nitrogen and oxygen atoms in total. The van der Waals surface area contributed by atoms with Crippen molar-refractivity contribution in [1.29, 1.82) is 0 Å². The van der Waals surface area contributed by atoms with Gasteiger partial charge in [-0.3, -0.25) is 4.79 Å². The van der Waals surface area contributed by atoms with Gasteiger partial charge >= 0.3 is 0 Å². The van der Waals surface area contributed by atoms with Crippen molar-refractivity contribution in [3.05, 3.63) is 41.6 Å². The molecular weight excluding hydrogens is 280 g/mol. The summed E-state index contributed by atoms with van der Waals surface area (Å²) in [5.41, 5.74) is 7.79. The van der Waals surface area contributed by atoms with Gasteiger partial charge in [-0.05, 0) is 37.5 Å². The zero-order valence-corrected chi connectivity index (χ0v) is 13.0. The maximum absolute atomic E-state index is 11.8. The van der Waals surface area contributed by atoms with Crippen LogP contribution in [-0.2, 0) is 17.8 Å². The molecule has 0 radical (unpaired) electrons. The molecule has 1 aromatic carbocycles. The first-order chi connectivity index (χ1) is 10.6. The Kier molecular flexibility index (Phi) is 5.41. The summed E-state index contributed by atoms with van der Waals surface area (Å²) in [4.78, 5) is 11.8. The third kappa shape index (κ3) is 4.51. The Morgan fingerprint density at radius 3 is 2.68 bits per heavy atom. The molecule has 1 heterocycles. The van der Waals surface area contributed by atoms with Gasteiger partial charge in [0.25, 0.3) is 0 Å². The number of anilines is 1. The van der Waals surface area contributed by atoms with E-state index in [-0.39, 0.29) is 12.5 Å². The van der Waals surface area contributed by atoms with Crippen LogP contribution in [0.1, 0.15) is 17.7 Å². The molecule has 0 saturated carbocycles. The molecule has 0 aliphatic carbocycles. The third-order valence-electron chi connectivity index (χ3n) is 3.35. The molecule has 0 spiro atoms. The lowest BCUT2D eigenvalue weighted by Crippen LogP contribution is -2.29. The van der Waals surface area contributed by atoms with Crippen LogP contribution in [0.5, 0.6) is 5.75 Å². The van der Waals surface area contributed by atoms with Crippen molar-refractivity contribution in [3.8, 4) is 5.75 Å². The van der Waals surface area contributed by atoms with Crippen molar-refractivity contribution in [1.82, 2.24) is 15.1 Å². The quantitative estimate of drug-likeness (QED) is 0.760. The molecule has 0 unspecified atom stereocenters. The summed E-state index contributed by atoms with van der Waals surface area (Å²) in [6, 6.07) is 9.70. The minimum Gasteiger partial charge on any atom is -0.497 e. The van der Waals surface area contributed by atoms with Gasteiger partial charge in [-0.25, -0.2) is 4.68 Å². The number of ether oxygens (including phenoxy) is 1. The second-order valence-electron chi connectivity index (χ2n) is 5.17. The minimum atomic E-state index is -0.0791. The van der Waals surface area contributed by atoms with Crippen LogP contribution in [0.15, 0.2) is 30.3 Å². The highest BCUT2D eigenvalue weighted by molar-refractivity contribution is 5.76. The number of nitrogen functional groups attached to an aromatic ring is 1. The van der Waals surface area contributed by atoms with E-state index in [0.29, 0.717) is 12.4 Å². The number of hydrogen-bond acceptors (Lipinski definition) is 4. The lowest BCUT2D eigenvalue weighted by atomic mass is 10.1. The fraction of sp³-hybridized carbons (Fsp3) is 0.375. The standard InChI is InChI=1S/C16H22N4O2/c1-12-10-15(17)20(19-12)11-16(21)18-9-3-4-13-5-7-14(22-2)8-6-13/h5-8,10H,3-4,9,11,17H2,1-2H3,(H,18,21). The van der Waals surface area contributed by atoms with E-state index in [0.717, 1.165) is 24.3 Å². The highest BCUT2D eigenvalue weighted by Crippen LogP contribution is 2.12. The normalized spacial score (nSPS) is 10.5. The number of benzene rings is 1. The van der Waals surface area contributed by atoms with Crippen LogP contribution < -0.4 is 15.8 Å². The van der Waals surface area contributed by atoms with E-state index in [9.17, 15) is 4.79 Å². The molecule has 0 fully saturated rings. The number of aromatic nitrogens is 2. The number of rotatable bonds is 7. The van der Waals surface area contributed by atoms with Crippen LogP contribution in [0.3, 0.4) is 0 Å². The number of aryl methyl sites for hydroxylation is 2. The molecule has 0 bridgehead atoms. The van der Waals surface area contributed by atoms with E-state index < -0.39 is 0 Å². The molecule has 0 saturated heterocycles. The van der Waals surface area contributed by atoms with E-state index in [2.05, 4.69) is 10.4 Å². The van der Waals surface area contributed by atoms with Crippen LogP contribution in [0.25, 0.3) is 0 Å². The molecule has 2 aromatic rings. The van der Waals surface area contributed by atoms with Crippen LogP contribution >= 0.6 is 0 Å². The lowest BCUT2D eigenvalue weighted by Gasteiger charge is -2.07. The van der Waals surface area contributed by atoms with Crippen molar-refractivity contribution in [3.63, 3.8) is 0 Å². The first-order valence-corrected chi connectivity index (χ1v) is 7.28. The van der Waals surface area contributed by atoms with Gasteiger partial charge in [-0.2, -0.15) is 5.10 Å². The number of hydrogen-bond donors (Lipinski definition) is 2. The van der Waals surface area contributed by atoms with Gasteiger partial charge in [0.1, 0.15) is 18.1 Å². The topological polar surface area (TPSA) is 82.2 Å². The molecule has 0 atom stereocenters. The largest absolute Gasteiger partial charge is 0.497 e. The average Bonchev–Trinajstić information content (AvgIpc) is 2.82. The summed E-state index contributed by atoms with van der Waals surface area (Å²) >= 11 is 0. The number of nitrogens with zero attached hydrogens (tertiary/aromatic N) is 2. The van der Waals surface area contributed by atoms with Gasteiger partial charge in [-0.15, -0.1) is 0 Å². The molecule has 1 aromatic heterocycles.